The van der Waals surface area contributed by atoms with Crippen molar-refractivity contribution in [2.75, 3.05) is 12.1 Å². The zero-order valence-electron chi connectivity index (χ0n) is 13.2. The van der Waals surface area contributed by atoms with Gasteiger partial charge in [-0.1, -0.05) is 6.07 Å². The minimum Gasteiger partial charge on any atom is -0.454 e. The Labute approximate surface area is 133 Å². The molecule has 1 atom stereocenters. The molecule has 118 valence electrons. The zero-order valence-corrected chi connectivity index (χ0v) is 13.2. The summed E-state index contributed by atoms with van der Waals surface area (Å²) < 4.78 is 12.6. The Morgan fingerprint density at radius 3 is 2.91 bits per heavy atom. The lowest BCUT2D eigenvalue weighted by Crippen LogP contribution is -2.09. The van der Waals surface area contributed by atoms with Gasteiger partial charge in [0.15, 0.2) is 17.3 Å². The summed E-state index contributed by atoms with van der Waals surface area (Å²) in [5.41, 5.74) is 3.75. The van der Waals surface area contributed by atoms with Crippen LogP contribution in [0.2, 0.25) is 0 Å². The van der Waals surface area contributed by atoms with Crippen LogP contribution in [0.15, 0.2) is 24.5 Å². The van der Waals surface area contributed by atoms with Crippen LogP contribution in [-0.2, 0) is 7.05 Å². The summed E-state index contributed by atoms with van der Waals surface area (Å²) in [6.07, 6.45) is 1.56. The Bertz CT molecular complexity index is 890. The average molecular weight is 311 g/mol. The molecule has 0 spiro atoms. The van der Waals surface area contributed by atoms with E-state index in [2.05, 4.69) is 27.3 Å². The molecule has 2 aromatic heterocycles. The molecule has 0 radical (unpaired) electrons. The third-order valence-corrected chi connectivity index (χ3v) is 4.04. The Balaban J connectivity index is 1.68. The molecule has 3 heterocycles. The second-order valence-electron chi connectivity index (χ2n) is 5.61. The summed E-state index contributed by atoms with van der Waals surface area (Å²) in [4.78, 5) is 8.70. The number of rotatable bonds is 3. The summed E-state index contributed by atoms with van der Waals surface area (Å²) in [5.74, 6) is 2.33. The molecule has 0 saturated heterocycles. The number of benzene rings is 1. The van der Waals surface area contributed by atoms with E-state index in [-0.39, 0.29) is 12.8 Å². The molecule has 1 N–H and O–H groups in total. The van der Waals surface area contributed by atoms with Crippen LogP contribution in [0.3, 0.4) is 0 Å². The summed E-state index contributed by atoms with van der Waals surface area (Å²) in [6.45, 7) is 4.30. The van der Waals surface area contributed by atoms with E-state index in [0.29, 0.717) is 0 Å². The molecule has 0 bridgehead atoms. The van der Waals surface area contributed by atoms with Gasteiger partial charge in [-0.3, -0.25) is 4.68 Å². The van der Waals surface area contributed by atoms with Gasteiger partial charge in [0.05, 0.1) is 11.7 Å². The molecular weight excluding hydrogens is 294 g/mol. The summed E-state index contributed by atoms with van der Waals surface area (Å²) >= 11 is 0. The SMILES string of the molecule is Cc1nn(C)c2c(N[C@H](C)c3ccc4c(c3)OCO4)ncnc12. The van der Waals surface area contributed by atoms with E-state index in [1.165, 1.54) is 0 Å². The normalized spacial score (nSPS) is 14.2. The number of nitrogens with one attached hydrogen (secondary N) is 1. The summed E-state index contributed by atoms with van der Waals surface area (Å²) in [5, 5.41) is 7.85. The second kappa shape index (κ2) is 5.12. The van der Waals surface area contributed by atoms with Crippen molar-refractivity contribution in [1.29, 1.82) is 0 Å². The van der Waals surface area contributed by atoms with Crippen molar-refractivity contribution < 1.29 is 9.47 Å². The molecule has 7 nitrogen and oxygen atoms in total. The number of anilines is 1. The van der Waals surface area contributed by atoms with Crippen molar-refractivity contribution >= 4 is 16.9 Å². The topological polar surface area (TPSA) is 74.1 Å². The zero-order chi connectivity index (χ0) is 16.0. The van der Waals surface area contributed by atoms with Crippen molar-refractivity contribution in [3.05, 3.63) is 35.8 Å². The van der Waals surface area contributed by atoms with E-state index in [1.807, 2.05) is 32.2 Å². The number of fused-ring (bicyclic) bond motifs is 2. The number of aromatic nitrogens is 4. The predicted octanol–water partition coefficient (Wildman–Crippen LogP) is 2.57. The largest absolute Gasteiger partial charge is 0.454 e. The molecule has 0 unspecified atom stereocenters. The van der Waals surface area contributed by atoms with Gasteiger partial charge in [-0.05, 0) is 31.5 Å². The Morgan fingerprint density at radius 2 is 2.04 bits per heavy atom. The van der Waals surface area contributed by atoms with Crippen molar-refractivity contribution in [2.24, 2.45) is 7.05 Å². The minimum absolute atomic E-state index is 0.0535. The first-order valence-electron chi connectivity index (χ1n) is 7.44. The fraction of sp³-hybridized carbons (Fsp3) is 0.312. The molecular formula is C16H17N5O2. The van der Waals surface area contributed by atoms with Gasteiger partial charge in [0, 0.05) is 7.05 Å². The first kappa shape index (κ1) is 13.8. The molecule has 0 amide bonds. The number of hydrogen-bond acceptors (Lipinski definition) is 6. The van der Waals surface area contributed by atoms with Crippen LogP contribution >= 0.6 is 0 Å². The highest BCUT2D eigenvalue weighted by Crippen LogP contribution is 2.35. The van der Waals surface area contributed by atoms with Crippen molar-refractivity contribution in [3.63, 3.8) is 0 Å². The number of ether oxygens (including phenoxy) is 2. The molecule has 0 saturated carbocycles. The van der Waals surface area contributed by atoms with Gasteiger partial charge in [-0.25, -0.2) is 9.97 Å². The number of hydrogen-bond donors (Lipinski definition) is 1. The van der Waals surface area contributed by atoms with Gasteiger partial charge < -0.3 is 14.8 Å². The molecule has 23 heavy (non-hydrogen) atoms. The highest BCUT2D eigenvalue weighted by atomic mass is 16.7. The molecule has 1 aromatic carbocycles. The highest BCUT2D eigenvalue weighted by Gasteiger charge is 2.18. The van der Waals surface area contributed by atoms with Gasteiger partial charge in [-0.2, -0.15) is 5.10 Å². The monoisotopic (exact) mass is 311 g/mol. The summed E-state index contributed by atoms with van der Waals surface area (Å²) in [6, 6.07) is 6.00. The van der Waals surface area contributed by atoms with E-state index in [0.717, 1.165) is 39.6 Å². The molecule has 4 rings (SSSR count). The van der Waals surface area contributed by atoms with E-state index in [9.17, 15) is 0 Å². The van der Waals surface area contributed by atoms with Crippen molar-refractivity contribution in [1.82, 2.24) is 19.7 Å². The maximum Gasteiger partial charge on any atom is 0.231 e. The maximum absolute atomic E-state index is 5.44. The lowest BCUT2D eigenvalue weighted by molar-refractivity contribution is 0.174. The first-order chi connectivity index (χ1) is 11.1. The Kier molecular flexibility index (Phi) is 3.07. The van der Waals surface area contributed by atoms with Crippen LogP contribution in [0.1, 0.15) is 24.2 Å². The fourth-order valence-corrected chi connectivity index (χ4v) is 2.85. The standard InChI is InChI=1S/C16H17N5O2/c1-9(11-4-5-12-13(6-11)23-8-22-12)19-16-15-14(17-7-18-16)10(2)20-21(15)3/h4-7,9H,8H2,1-3H3,(H,17,18,19)/t9-/m1/s1. The van der Waals surface area contributed by atoms with E-state index in [1.54, 1.807) is 11.0 Å². The lowest BCUT2D eigenvalue weighted by Gasteiger charge is -2.16. The average Bonchev–Trinajstić information content (AvgIpc) is 3.12. The molecule has 1 aliphatic rings. The van der Waals surface area contributed by atoms with Gasteiger partial charge >= 0.3 is 0 Å². The van der Waals surface area contributed by atoms with E-state index in [4.69, 9.17) is 9.47 Å². The fourth-order valence-electron chi connectivity index (χ4n) is 2.85. The molecule has 0 fully saturated rings. The van der Waals surface area contributed by atoms with Gasteiger partial charge in [0.2, 0.25) is 6.79 Å². The maximum atomic E-state index is 5.44. The quantitative estimate of drug-likeness (QED) is 0.801. The summed E-state index contributed by atoms with van der Waals surface area (Å²) in [7, 11) is 1.90. The van der Waals surface area contributed by atoms with Crippen LogP contribution in [0, 0.1) is 6.92 Å². The third-order valence-electron chi connectivity index (χ3n) is 4.04. The van der Waals surface area contributed by atoms with E-state index < -0.39 is 0 Å². The van der Waals surface area contributed by atoms with Crippen LogP contribution < -0.4 is 14.8 Å². The second-order valence-corrected chi connectivity index (χ2v) is 5.61. The van der Waals surface area contributed by atoms with E-state index >= 15 is 0 Å². The Hall–Kier alpha value is -2.83. The van der Waals surface area contributed by atoms with Crippen LogP contribution in [-0.4, -0.2) is 26.5 Å². The predicted molar refractivity (Wildman–Crippen MR) is 85.6 cm³/mol. The van der Waals surface area contributed by atoms with Crippen LogP contribution in [0.4, 0.5) is 5.82 Å². The first-order valence-corrected chi connectivity index (χ1v) is 7.44. The molecule has 7 heteroatoms. The highest BCUT2D eigenvalue weighted by molar-refractivity contribution is 5.87. The van der Waals surface area contributed by atoms with Crippen molar-refractivity contribution in [3.8, 4) is 11.5 Å². The minimum atomic E-state index is 0.0535. The van der Waals surface area contributed by atoms with Crippen LogP contribution in [0.25, 0.3) is 11.0 Å². The third kappa shape index (κ3) is 2.25. The van der Waals surface area contributed by atoms with Gasteiger partial charge in [-0.15, -0.1) is 0 Å². The van der Waals surface area contributed by atoms with Gasteiger partial charge in [0.25, 0.3) is 0 Å². The Morgan fingerprint density at radius 1 is 1.22 bits per heavy atom. The number of aryl methyl sites for hydroxylation is 2. The smallest absolute Gasteiger partial charge is 0.231 e. The molecule has 0 aliphatic carbocycles. The number of nitrogens with zero attached hydrogens (tertiary/aromatic N) is 4. The lowest BCUT2D eigenvalue weighted by atomic mass is 10.1. The van der Waals surface area contributed by atoms with Gasteiger partial charge in [0.1, 0.15) is 17.4 Å². The molecule has 3 aromatic rings. The molecule has 1 aliphatic heterocycles. The van der Waals surface area contributed by atoms with Crippen LogP contribution in [0.5, 0.6) is 11.5 Å². The van der Waals surface area contributed by atoms with Crippen molar-refractivity contribution in [2.45, 2.75) is 19.9 Å².